The van der Waals surface area contributed by atoms with Crippen molar-refractivity contribution in [1.82, 2.24) is 0 Å². The zero-order valence-electron chi connectivity index (χ0n) is 15.0. The van der Waals surface area contributed by atoms with Gasteiger partial charge in [0, 0.05) is 17.2 Å². The smallest absolute Gasteiger partial charge is 0.306 e. The third-order valence-corrected chi connectivity index (χ3v) is 5.15. The van der Waals surface area contributed by atoms with E-state index in [4.69, 9.17) is 14.6 Å². The Morgan fingerprint density at radius 2 is 1.92 bits per heavy atom. The molecule has 1 unspecified atom stereocenters. The van der Waals surface area contributed by atoms with Gasteiger partial charge < -0.3 is 14.6 Å². The van der Waals surface area contributed by atoms with Crippen LogP contribution < -0.4 is 9.47 Å². The summed E-state index contributed by atoms with van der Waals surface area (Å²) >= 11 is 1.35. The van der Waals surface area contributed by atoms with Gasteiger partial charge in [-0.05, 0) is 30.9 Å². The number of rotatable bonds is 9. The number of aliphatic carboxylic acids is 1. The number of ether oxygens (including phenoxy) is 2. The molecule has 0 saturated carbocycles. The zero-order valence-corrected chi connectivity index (χ0v) is 15.8. The van der Waals surface area contributed by atoms with E-state index >= 15 is 0 Å². The van der Waals surface area contributed by atoms with Gasteiger partial charge >= 0.3 is 5.97 Å². The number of methoxy groups -OCH3 is 1. The minimum atomic E-state index is -0.961. The first-order valence-electron chi connectivity index (χ1n) is 8.39. The molecule has 0 spiro atoms. The van der Waals surface area contributed by atoms with Gasteiger partial charge in [-0.15, -0.1) is 11.3 Å². The molecule has 0 aliphatic rings. The summed E-state index contributed by atoms with van der Waals surface area (Å²) in [5.41, 5.74) is 0. The molecule has 0 bridgehead atoms. The molecule has 136 valence electrons. The van der Waals surface area contributed by atoms with E-state index in [9.17, 15) is 9.59 Å². The maximum absolute atomic E-state index is 12.3. The second kappa shape index (κ2) is 8.34. The lowest BCUT2D eigenvalue weighted by molar-refractivity contribution is -0.141. The molecule has 1 aromatic carbocycles. The predicted molar refractivity (Wildman–Crippen MR) is 99.1 cm³/mol. The lowest BCUT2D eigenvalue weighted by Gasteiger charge is -2.16. The van der Waals surface area contributed by atoms with Crippen molar-refractivity contribution in [2.45, 2.75) is 46.1 Å². The van der Waals surface area contributed by atoms with Crippen LogP contribution in [0.15, 0.2) is 18.2 Å². The Balaban J connectivity index is 2.29. The molecule has 0 saturated heterocycles. The number of hydrogen-bond acceptors (Lipinski definition) is 5. The fourth-order valence-corrected chi connectivity index (χ4v) is 3.61. The van der Waals surface area contributed by atoms with Gasteiger partial charge in [0.2, 0.25) is 0 Å². The number of hydrogen-bond donors (Lipinski definition) is 1. The summed E-state index contributed by atoms with van der Waals surface area (Å²) in [6, 6.07) is 5.55. The van der Waals surface area contributed by atoms with Crippen LogP contribution in [0.25, 0.3) is 10.1 Å². The van der Waals surface area contributed by atoms with Crippen LogP contribution >= 0.6 is 11.3 Å². The van der Waals surface area contributed by atoms with Gasteiger partial charge in [0.05, 0.1) is 24.0 Å². The molecule has 0 aliphatic carbocycles. The normalized spacial score (nSPS) is 13.4. The molecule has 5 nitrogen and oxygen atoms in total. The number of carboxylic acids is 1. The van der Waals surface area contributed by atoms with Gasteiger partial charge in [-0.1, -0.05) is 20.3 Å². The maximum atomic E-state index is 12.3. The quantitative estimate of drug-likeness (QED) is 0.649. The van der Waals surface area contributed by atoms with Crippen LogP contribution in [-0.2, 0) is 4.79 Å². The van der Waals surface area contributed by atoms with Gasteiger partial charge in [0.25, 0.3) is 0 Å². The summed E-state index contributed by atoms with van der Waals surface area (Å²) in [6.45, 7) is 5.66. The van der Waals surface area contributed by atoms with E-state index < -0.39 is 11.9 Å². The van der Waals surface area contributed by atoms with Crippen molar-refractivity contribution in [1.29, 1.82) is 0 Å². The standard InChI is InChI=1S/C19H24O5S/c1-5-6-12(3)24-16-8-13-9-18(14(20)7-11(2)19(21)22)25-17(13)10-15(16)23-4/h8-12H,5-7H2,1-4H3,(H,21,22)/t11-,12?/m0/s1. The lowest BCUT2D eigenvalue weighted by atomic mass is 10.0. The summed E-state index contributed by atoms with van der Waals surface area (Å²) in [6.07, 6.45) is 2.05. The Kier molecular flexibility index (Phi) is 6.42. The summed E-state index contributed by atoms with van der Waals surface area (Å²) in [7, 11) is 1.59. The molecule has 1 N–H and O–H groups in total. The molecule has 0 amide bonds. The van der Waals surface area contributed by atoms with Crippen molar-refractivity contribution in [3.05, 3.63) is 23.1 Å². The number of thiophene rings is 1. The van der Waals surface area contributed by atoms with Crippen LogP contribution in [0.1, 0.15) is 49.7 Å². The third kappa shape index (κ3) is 4.72. The minimum Gasteiger partial charge on any atom is -0.493 e. The van der Waals surface area contributed by atoms with E-state index in [0.29, 0.717) is 16.4 Å². The van der Waals surface area contributed by atoms with Gasteiger partial charge in [-0.2, -0.15) is 0 Å². The van der Waals surface area contributed by atoms with Crippen molar-refractivity contribution in [2.24, 2.45) is 5.92 Å². The highest BCUT2D eigenvalue weighted by Crippen LogP contribution is 2.37. The van der Waals surface area contributed by atoms with Crippen LogP contribution in [0.2, 0.25) is 0 Å². The highest BCUT2D eigenvalue weighted by molar-refractivity contribution is 7.20. The molecular weight excluding hydrogens is 340 g/mol. The number of ketones is 1. The molecule has 0 fully saturated rings. The Hall–Kier alpha value is -2.08. The van der Waals surface area contributed by atoms with Crippen molar-refractivity contribution in [3.63, 3.8) is 0 Å². The van der Waals surface area contributed by atoms with Gasteiger partial charge in [0.15, 0.2) is 17.3 Å². The fourth-order valence-electron chi connectivity index (χ4n) is 2.58. The first-order valence-corrected chi connectivity index (χ1v) is 9.21. The van der Waals surface area contributed by atoms with Gasteiger partial charge in [0.1, 0.15) is 0 Å². The summed E-state index contributed by atoms with van der Waals surface area (Å²) in [4.78, 5) is 23.8. The van der Waals surface area contributed by atoms with E-state index in [1.165, 1.54) is 18.3 Å². The average molecular weight is 364 g/mol. The van der Waals surface area contributed by atoms with Crippen molar-refractivity contribution >= 4 is 33.2 Å². The average Bonchev–Trinajstić information content (AvgIpc) is 2.97. The monoisotopic (exact) mass is 364 g/mol. The van der Waals surface area contributed by atoms with E-state index in [-0.39, 0.29) is 18.3 Å². The molecule has 1 aromatic heterocycles. The Morgan fingerprint density at radius 3 is 2.52 bits per heavy atom. The van der Waals surface area contributed by atoms with Crippen LogP contribution in [0.5, 0.6) is 11.5 Å². The van der Waals surface area contributed by atoms with E-state index in [0.717, 1.165) is 22.9 Å². The van der Waals surface area contributed by atoms with Crippen molar-refractivity contribution in [3.8, 4) is 11.5 Å². The molecule has 1 heterocycles. The highest BCUT2D eigenvalue weighted by atomic mass is 32.1. The first-order chi connectivity index (χ1) is 11.8. The van der Waals surface area contributed by atoms with E-state index in [2.05, 4.69) is 6.92 Å². The molecule has 6 heteroatoms. The van der Waals surface area contributed by atoms with E-state index in [1.54, 1.807) is 13.2 Å². The third-order valence-electron chi connectivity index (χ3n) is 4.01. The maximum Gasteiger partial charge on any atom is 0.306 e. The summed E-state index contributed by atoms with van der Waals surface area (Å²) in [5.74, 6) is -0.517. The van der Waals surface area contributed by atoms with E-state index in [1.807, 2.05) is 19.1 Å². The zero-order chi connectivity index (χ0) is 18.6. The van der Waals surface area contributed by atoms with Crippen LogP contribution in [0, 0.1) is 5.92 Å². The van der Waals surface area contributed by atoms with Gasteiger partial charge in [-0.25, -0.2) is 0 Å². The minimum absolute atomic E-state index is 0.00379. The molecule has 0 aliphatic heterocycles. The lowest BCUT2D eigenvalue weighted by Crippen LogP contribution is -2.13. The molecule has 2 rings (SSSR count). The summed E-state index contributed by atoms with van der Waals surface area (Å²) < 4.78 is 12.3. The van der Waals surface area contributed by atoms with Crippen LogP contribution in [-0.4, -0.2) is 30.1 Å². The van der Waals surface area contributed by atoms with Crippen molar-refractivity contribution in [2.75, 3.05) is 7.11 Å². The Labute approximate surface area is 151 Å². The number of fused-ring (bicyclic) bond motifs is 1. The Bertz CT molecular complexity index is 765. The number of benzene rings is 1. The highest BCUT2D eigenvalue weighted by Gasteiger charge is 2.20. The molecular formula is C19H24O5S. The Morgan fingerprint density at radius 1 is 1.20 bits per heavy atom. The topological polar surface area (TPSA) is 72.8 Å². The SMILES string of the molecule is CCCC(C)Oc1cc2cc(C(=O)C[C@H](C)C(=O)O)sc2cc1OC. The number of carbonyl (C=O) groups excluding carboxylic acids is 1. The number of carboxylic acid groups (broad SMARTS) is 1. The molecule has 25 heavy (non-hydrogen) atoms. The van der Waals surface area contributed by atoms with Crippen LogP contribution in [0.3, 0.4) is 0 Å². The molecule has 2 aromatic rings. The fraction of sp³-hybridized carbons (Fsp3) is 0.474. The molecule has 0 radical (unpaired) electrons. The number of Topliss-reactive ketones (excluding diaryl/α,β-unsaturated/α-hetero) is 1. The van der Waals surface area contributed by atoms with Crippen molar-refractivity contribution < 1.29 is 24.2 Å². The largest absolute Gasteiger partial charge is 0.493 e. The predicted octanol–water partition coefficient (Wildman–Crippen LogP) is 4.77. The molecule has 2 atom stereocenters. The second-order valence-electron chi connectivity index (χ2n) is 6.24. The van der Waals surface area contributed by atoms with Crippen LogP contribution in [0.4, 0.5) is 0 Å². The summed E-state index contributed by atoms with van der Waals surface area (Å²) in [5, 5.41) is 9.87. The first kappa shape index (κ1) is 19.2. The number of carbonyl (C=O) groups is 2. The van der Waals surface area contributed by atoms with Gasteiger partial charge in [-0.3, -0.25) is 9.59 Å². The second-order valence-corrected chi connectivity index (χ2v) is 7.32.